The number of hydrogen-bond acceptors (Lipinski definition) is 4. The summed E-state index contributed by atoms with van der Waals surface area (Å²) in [6.07, 6.45) is 3.20. The molecule has 0 radical (unpaired) electrons. The van der Waals surface area contributed by atoms with Gasteiger partial charge in [0.25, 0.3) is 0 Å². The predicted molar refractivity (Wildman–Crippen MR) is 84.7 cm³/mol. The molecule has 1 aromatic rings. The number of amides is 1. The second-order valence-electron chi connectivity index (χ2n) is 6.77. The van der Waals surface area contributed by atoms with Crippen molar-refractivity contribution in [2.24, 2.45) is 0 Å². The summed E-state index contributed by atoms with van der Waals surface area (Å²) in [6.45, 7) is 2.99. The maximum atomic E-state index is 12.2. The van der Waals surface area contributed by atoms with E-state index in [1.807, 2.05) is 17.9 Å². The van der Waals surface area contributed by atoms with E-state index in [9.17, 15) is 4.79 Å². The maximum Gasteiger partial charge on any atom is 0.410 e. The quantitative estimate of drug-likeness (QED) is 0.804. The fraction of sp³-hybridized carbons (Fsp3) is 0.611. The van der Waals surface area contributed by atoms with Gasteiger partial charge in [0.2, 0.25) is 0 Å². The zero-order chi connectivity index (χ0) is 16.0. The van der Waals surface area contributed by atoms with Crippen molar-refractivity contribution in [3.05, 3.63) is 29.8 Å². The first-order valence-electron chi connectivity index (χ1n) is 8.40. The Morgan fingerprint density at radius 1 is 1.43 bits per heavy atom. The molecule has 0 aromatic heterocycles. The molecule has 3 aliphatic rings. The van der Waals surface area contributed by atoms with E-state index < -0.39 is 0 Å². The van der Waals surface area contributed by atoms with Crippen molar-refractivity contribution in [2.45, 2.75) is 49.9 Å². The number of piperidine rings is 1. The summed E-state index contributed by atoms with van der Waals surface area (Å²) < 4.78 is 16.5. The SMILES string of the molecule is CCOC(=O)N1CCC2(c3cccc(OC)c3)CC3OC3C1C2. The molecule has 2 heterocycles. The van der Waals surface area contributed by atoms with Crippen LogP contribution in [0.4, 0.5) is 4.79 Å². The van der Waals surface area contributed by atoms with Crippen LogP contribution in [0.1, 0.15) is 31.7 Å². The highest BCUT2D eigenvalue weighted by molar-refractivity contribution is 5.68. The predicted octanol–water partition coefficient (Wildman–Crippen LogP) is 2.73. The molecular formula is C18H23NO4. The van der Waals surface area contributed by atoms with Crippen molar-refractivity contribution < 1.29 is 19.0 Å². The number of carbonyl (C=O) groups is 1. The van der Waals surface area contributed by atoms with Crippen LogP contribution in [0.3, 0.4) is 0 Å². The van der Waals surface area contributed by atoms with Crippen LogP contribution in [-0.2, 0) is 14.9 Å². The molecule has 1 amide bonds. The molecule has 3 fully saturated rings. The summed E-state index contributed by atoms with van der Waals surface area (Å²) in [5, 5.41) is 0. The first-order chi connectivity index (χ1) is 11.2. The third-order valence-corrected chi connectivity index (χ3v) is 5.61. The number of carbonyl (C=O) groups excluding carboxylic acids is 1. The van der Waals surface area contributed by atoms with Gasteiger partial charge >= 0.3 is 6.09 Å². The number of rotatable bonds is 3. The summed E-state index contributed by atoms with van der Waals surface area (Å²) in [5.41, 5.74) is 1.39. The third kappa shape index (κ3) is 2.38. The fourth-order valence-corrected chi connectivity index (χ4v) is 4.40. The minimum Gasteiger partial charge on any atom is -0.497 e. The molecule has 1 aliphatic carbocycles. The van der Waals surface area contributed by atoms with Crippen molar-refractivity contribution in [1.82, 2.24) is 4.90 Å². The molecule has 0 spiro atoms. The minimum absolute atomic E-state index is 0.0832. The Morgan fingerprint density at radius 2 is 2.30 bits per heavy atom. The Hall–Kier alpha value is -1.75. The lowest BCUT2D eigenvalue weighted by Gasteiger charge is -2.48. The van der Waals surface area contributed by atoms with E-state index in [-0.39, 0.29) is 29.8 Å². The van der Waals surface area contributed by atoms with Gasteiger partial charge in [0.1, 0.15) is 11.9 Å². The summed E-state index contributed by atoms with van der Waals surface area (Å²) in [4.78, 5) is 14.1. The van der Waals surface area contributed by atoms with Gasteiger partial charge in [0.15, 0.2) is 0 Å². The molecule has 4 unspecified atom stereocenters. The van der Waals surface area contributed by atoms with E-state index in [4.69, 9.17) is 14.2 Å². The average molecular weight is 317 g/mol. The molecule has 5 nitrogen and oxygen atoms in total. The lowest BCUT2D eigenvalue weighted by atomic mass is 9.63. The van der Waals surface area contributed by atoms with Gasteiger partial charge in [-0.05, 0) is 43.9 Å². The molecule has 1 aromatic carbocycles. The first-order valence-corrected chi connectivity index (χ1v) is 8.40. The van der Waals surface area contributed by atoms with Crippen molar-refractivity contribution in [1.29, 1.82) is 0 Å². The fourth-order valence-electron chi connectivity index (χ4n) is 4.40. The van der Waals surface area contributed by atoms with Crippen LogP contribution in [-0.4, -0.2) is 49.5 Å². The smallest absolute Gasteiger partial charge is 0.410 e. The molecule has 2 aliphatic heterocycles. The van der Waals surface area contributed by atoms with Gasteiger partial charge in [-0.1, -0.05) is 12.1 Å². The van der Waals surface area contributed by atoms with E-state index in [2.05, 4.69) is 18.2 Å². The number of methoxy groups -OCH3 is 1. The summed E-state index contributed by atoms with van der Waals surface area (Å²) in [6, 6.07) is 8.48. The van der Waals surface area contributed by atoms with Gasteiger partial charge < -0.3 is 19.1 Å². The molecule has 124 valence electrons. The van der Waals surface area contributed by atoms with Gasteiger partial charge in [0.05, 0.1) is 25.9 Å². The van der Waals surface area contributed by atoms with Crippen LogP contribution in [0.15, 0.2) is 24.3 Å². The number of ether oxygens (including phenoxy) is 3. The number of nitrogens with zero attached hydrogens (tertiary/aromatic N) is 1. The van der Waals surface area contributed by atoms with Gasteiger partial charge in [-0.3, -0.25) is 0 Å². The Bertz CT molecular complexity index is 619. The van der Waals surface area contributed by atoms with Crippen molar-refractivity contribution in [3.63, 3.8) is 0 Å². The van der Waals surface area contributed by atoms with Crippen LogP contribution in [0.25, 0.3) is 0 Å². The van der Waals surface area contributed by atoms with Crippen molar-refractivity contribution in [2.75, 3.05) is 20.3 Å². The highest BCUT2D eigenvalue weighted by atomic mass is 16.6. The van der Waals surface area contributed by atoms with E-state index in [0.717, 1.165) is 31.6 Å². The third-order valence-electron chi connectivity index (χ3n) is 5.61. The van der Waals surface area contributed by atoms with Crippen LogP contribution < -0.4 is 4.74 Å². The van der Waals surface area contributed by atoms with E-state index in [1.165, 1.54) is 5.56 Å². The van der Waals surface area contributed by atoms with Crippen molar-refractivity contribution in [3.8, 4) is 5.75 Å². The normalized spacial score (nSPS) is 34.5. The molecule has 4 rings (SSSR count). The molecule has 2 saturated heterocycles. The lowest BCUT2D eigenvalue weighted by Crippen LogP contribution is -2.57. The van der Waals surface area contributed by atoms with Crippen LogP contribution >= 0.6 is 0 Å². The molecule has 5 heteroatoms. The number of hydrogen-bond donors (Lipinski definition) is 0. The highest BCUT2D eigenvalue weighted by Gasteiger charge is 2.61. The monoisotopic (exact) mass is 317 g/mol. The molecule has 2 bridgehead atoms. The van der Waals surface area contributed by atoms with Gasteiger partial charge in [-0.25, -0.2) is 4.79 Å². The molecule has 4 atom stereocenters. The van der Waals surface area contributed by atoms with Gasteiger partial charge in [-0.2, -0.15) is 0 Å². The van der Waals surface area contributed by atoms with Crippen LogP contribution in [0, 0.1) is 0 Å². The zero-order valence-electron chi connectivity index (χ0n) is 13.7. The number of epoxide rings is 1. The van der Waals surface area contributed by atoms with Gasteiger partial charge in [0, 0.05) is 12.0 Å². The highest BCUT2D eigenvalue weighted by Crippen LogP contribution is 2.54. The summed E-state index contributed by atoms with van der Waals surface area (Å²) in [5.74, 6) is 0.889. The molecular weight excluding hydrogens is 294 g/mol. The topological polar surface area (TPSA) is 51.3 Å². The summed E-state index contributed by atoms with van der Waals surface area (Å²) in [7, 11) is 1.70. The zero-order valence-corrected chi connectivity index (χ0v) is 13.7. The largest absolute Gasteiger partial charge is 0.497 e. The van der Waals surface area contributed by atoms with Gasteiger partial charge in [-0.15, -0.1) is 0 Å². The number of likely N-dealkylation sites (tertiary alicyclic amines) is 1. The van der Waals surface area contributed by atoms with Crippen LogP contribution in [0.5, 0.6) is 5.75 Å². The van der Waals surface area contributed by atoms with E-state index >= 15 is 0 Å². The molecule has 23 heavy (non-hydrogen) atoms. The van der Waals surface area contributed by atoms with E-state index in [0.29, 0.717) is 6.61 Å². The van der Waals surface area contributed by atoms with E-state index in [1.54, 1.807) is 7.11 Å². The molecule has 1 saturated carbocycles. The maximum absolute atomic E-state index is 12.2. The first kappa shape index (κ1) is 14.8. The second kappa shape index (κ2) is 5.41. The van der Waals surface area contributed by atoms with Crippen molar-refractivity contribution >= 4 is 6.09 Å². The Morgan fingerprint density at radius 3 is 3.09 bits per heavy atom. The molecule has 0 N–H and O–H groups in total. The second-order valence-corrected chi connectivity index (χ2v) is 6.77. The Balaban J connectivity index is 1.63. The average Bonchev–Trinajstić information content (AvgIpc) is 3.34. The van der Waals surface area contributed by atoms with Crippen LogP contribution in [0.2, 0.25) is 0 Å². The number of fused-ring (bicyclic) bond motifs is 4. The standard InChI is InChI=1S/C18H23NO4/c1-3-22-17(20)19-8-7-18(10-14(19)16-15(11-18)23-16)12-5-4-6-13(9-12)21-2/h4-6,9,14-16H,3,7-8,10-11H2,1-2H3. The number of benzene rings is 1. The minimum atomic E-state index is -0.201. The Kier molecular flexibility index (Phi) is 3.48. The Labute approximate surface area is 136 Å². The lowest BCUT2D eigenvalue weighted by molar-refractivity contribution is 0.0416. The summed E-state index contributed by atoms with van der Waals surface area (Å²) >= 11 is 0.